The predicted molar refractivity (Wildman–Crippen MR) is 100 cm³/mol. The number of thioether (sulfide) groups is 1. The van der Waals surface area contributed by atoms with Gasteiger partial charge in [0.2, 0.25) is 5.12 Å². The van der Waals surface area contributed by atoms with E-state index in [1.165, 1.54) is 0 Å². The third-order valence-corrected chi connectivity index (χ3v) is 6.00. The number of ketones is 1. The van der Waals surface area contributed by atoms with Crippen LogP contribution in [0, 0.1) is 5.92 Å². The molecule has 2 unspecified atom stereocenters. The quantitative estimate of drug-likeness (QED) is 0.658. The van der Waals surface area contributed by atoms with Crippen LogP contribution in [-0.2, 0) is 9.59 Å². The minimum Gasteiger partial charge on any atom is -0.368 e. The van der Waals surface area contributed by atoms with Gasteiger partial charge in [-0.2, -0.15) is 0 Å². The van der Waals surface area contributed by atoms with Gasteiger partial charge in [0.05, 0.1) is 22.0 Å². The van der Waals surface area contributed by atoms with Crippen molar-refractivity contribution in [1.82, 2.24) is 5.32 Å². The lowest BCUT2D eigenvalue weighted by molar-refractivity contribution is -0.119. The SMILES string of the molecule is CNC1CN(c2c(Cl)cccc2/C=C2\SC(=O)CC2=O)CCC1C. The molecule has 1 aromatic rings. The average Bonchev–Trinajstić information content (AvgIpc) is 2.86. The van der Waals surface area contributed by atoms with E-state index in [0.29, 0.717) is 21.9 Å². The van der Waals surface area contributed by atoms with Gasteiger partial charge in [-0.15, -0.1) is 0 Å². The molecule has 4 nitrogen and oxygen atoms in total. The van der Waals surface area contributed by atoms with Gasteiger partial charge in [0.1, 0.15) is 0 Å². The molecule has 24 heavy (non-hydrogen) atoms. The van der Waals surface area contributed by atoms with Crippen molar-refractivity contribution in [1.29, 1.82) is 0 Å². The molecule has 0 aliphatic carbocycles. The number of likely N-dealkylation sites (N-methyl/N-ethyl adjacent to an activating group) is 1. The van der Waals surface area contributed by atoms with E-state index in [0.717, 1.165) is 42.5 Å². The monoisotopic (exact) mass is 364 g/mol. The molecule has 6 heteroatoms. The highest BCUT2D eigenvalue weighted by Gasteiger charge is 2.29. The lowest BCUT2D eigenvalue weighted by Crippen LogP contribution is -2.49. The van der Waals surface area contributed by atoms with Gasteiger partial charge in [-0.05, 0) is 43.3 Å². The van der Waals surface area contributed by atoms with Crippen LogP contribution in [0.2, 0.25) is 5.02 Å². The molecule has 2 saturated heterocycles. The van der Waals surface area contributed by atoms with Crippen LogP contribution in [0.4, 0.5) is 5.69 Å². The van der Waals surface area contributed by atoms with Crippen molar-refractivity contribution in [3.05, 3.63) is 33.7 Å². The Morgan fingerprint density at radius 3 is 2.83 bits per heavy atom. The number of nitrogens with one attached hydrogen (secondary N) is 1. The summed E-state index contributed by atoms with van der Waals surface area (Å²) < 4.78 is 0. The van der Waals surface area contributed by atoms with Crippen molar-refractivity contribution in [2.24, 2.45) is 5.92 Å². The van der Waals surface area contributed by atoms with Gasteiger partial charge in [0.25, 0.3) is 0 Å². The molecule has 2 aliphatic heterocycles. The molecular weight excluding hydrogens is 344 g/mol. The lowest BCUT2D eigenvalue weighted by Gasteiger charge is -2.39. The summed E-state index contributed by atoms with van der Waals surface area (Å²) in [6.07, 6.45) is 2.89. The van der Waals surface area contributed by atoms with Crippen LogP contribution in [0.5, 0.6) is 0 Å². The van der Waals surface area contributed by atoms with Crippen molar-refractivity contribution >= 4 is 46.0 Å². The summed E-state index contributed by atoms with van der Waals surface area (Å²) in [4.78, 5) is 26.2. The fraction of sp³-hybridized carbons (Fsp3) is 0.444. The van der Waals surface area contributed by atoms with Crippen molar-refractivity contribution in [3.8, 4) is 0 Å². The average molecular weight is 365 g/mol. The molecule has 1 aromatic carbocycles. The minimum atomic E-state index is -0.101. The van der Waals surface area contributed by atoms with E-state index in [-0.39, 0.29) is 17.3 Å². The van der Waals surface area contributed by atoms with Crippen LogP contribution in [0.1, 0.15) is 25.3 Å². The molecule has 128 valence electrons. The largest absolute Gasteiger partial charge is 0.368 e. The third-order valence-electron chi connectivity index (χ3n) is 4.75. The van der Waals surface area contributed by atoms with Crippen LogP contribution in [0.3, 0.4) is 0 Å². The summed E-state index contributed by atoms with van der Waals surface area (Å²) in [5.74, 6) is 0.511. The lowest BCUT2D eigenvalue weighted by atomic mass is 9.92. The normalized spacial score (nSPS) is 26.5. The van der Waals surface area contributed by atoms with Crippen molar-refractivity contribution < 1.29 is 9.59 Å². The van der Waals surface area contributed by atoms with Gasteiger partial charge >= 0.3 is 0 Å². The summed E-state index contributed by atoms with van der Waals surface area (Å²) >= 11 is 7.52. The zero-order chi connectivity index (χ0) is 17.3. The van der Waals surface area contributed by atoms with E-state index in [9.17, 15) is 9.59 Å². The zero-order valence-electron chi connectivity index (χ0n) is 13.8. The van der Waals surface area contributed by atoms with Gasteiger partial charge in [-0.25, -0.2) is 0 Å². The number of nitrogens with zero attached hydrogens (tertiary/aromatic N) is 1. The molecule has 2 heterocycles. The number of hydrogen-bond acceptors (Lipinski definition) is 5. The Morgan fingerprint density at radius 1 is 1.38 bits per heavy atom. The van der Waals surface area contributed by atoms with Crippen molar-refractivity contribution in [2.75, 3.05) is 25.0 Å². The fourth-order valence-electron chi connectivity index (χ4n) is 3.32. The Hall–Kier alpha value is -1.30. The van der Waals surface area contributed by atoms with E-state index in [2.05, 4.69) is 17.1 Å². The summed E-state index contributed by atoms with van der Waals surface area (Å²) in [6.45, 7) is 4.06. The Kier molecular flexibility index (Phi) is 5.33. The first-order chi connectivity index (χ1) is 11.5. The van der Waals surface area contributed by atoms with E-state index < -0.39 is 0 Å². The summed E-state index contributed by atoms with van der Waals surface area (Å²) in [5.41, 5.74) is 1.85. The molecule has 0 radical (unpaired) electrons. The Morgan fingerprint density at radius 2 is 2.17 bits per heavy atom. The van der Waals surface area contributed by atoms with E-state index in [1.54, 1.807) is 0 Å². The number of halogens is 1. The molecule has 0 bridgehead atoms. The topological polar surface area (TPSA) is 49.4 Å². The maximum atomic E-state index is 11.9. The van der Waals surface area contributed by atoms with Crippen LogP contribution < -0.4 is 10.2 Å². The standard InChI is InChI=1S/C18H21ClN2O2S/c1-11-6-7-21(10-14(11)20-2)18-12(4-3-5-13(18)19)8-16-15(22)9-17(23)24-16/h3-5,8,11,14,20H,6-7,9-10H2,1-2H3/b16-8-. The van der Waals surface area contributed by atoms with Gasteiger partial charge in [-0.3, -0.25) is 9.59 Å². The van der Waals surface area contributed by atoms with Crippen molar-refractivity contribution in [3.63, 3.8) is 0 Å². The number of allylic oxidation sites excluding steroid dienone is 1. The maximum absolute atomic E-state index is 11.9. The highest BCUT2D eigenvalue weighted by atomic mass is 35.5. The first-order valence-electron chi connectivity index (χ1n) is 8.16. The first kappa shape index (κ1) is 17.5. The minimum absolute atomic E-state index is 0.00451. The first-order valence-corrected chi connectivity index (χ1v) is 9.35. The molecule has 0 amide bonds. The van der Waals surface area contributed by atoms with Gasteiger partial charge < -0.3 is 10.2 Å². The summed E-state index contributed by atoms with van der Waals surface area (Å²) in [5, 5.41) is 3.97. The molecule has 0 aromatic heterocycles. The molecule has 2 atom stereocenters. The number of carbonyl (C=O) groups is 2. The Bertz CT molecular complexity index is 704. The maximum Gasteiger partial charge on any atom is 0.201 e. The van der Waals surface area contributed by atoms with Crippen LogP contribution >= 0.6 is 23.4 Å². The smallest absolute Gasteiger partial charge is 0.201 e. The second-order valence-electron chi connectivity index (χ2n) is 6.37. The second kappa shape index (κ2) is 7.30. The van der Waals surface area contributed by atoms with E-state index >= 15 is 0 Å². The number of rotatable bonds is 3. The molecule has 2 aliphatic rings. The molecule has 1 N–H and O–H groups in total. The number of Topliss-reactive ketones (excluding diaryl/α,β-unsaturated/α-hetero) is 1. The van der Waals surface area contributed by atoms with Gasteiger partial charge in [0.15, 0.2) is 5.78 Å². The van der Waals surface area contributed by atoms with Crippen LogP contribution in [0.25, 0.3) is 6.08 Å². The number of benzene rings is 1. The van der Waals surface area contributed by atoms with Gasteiger partial charge in [0, 0.05) is 24.7 Å². The fourth-order valence-corrected chi connectivity index (χ4v) is 4.44. The molecular formula is C18H21ClN2O2S. The molecule has 0 spiro atoms. The van der Waals surface area contributed by atoms with Crippen LogP contribution in [-0.4, -0.2) is 37.1 Å². The molecule has 2 fully saturated rings. The Balaban J connectivity index is 1.95. The number of anilines is 1. The van der Waals surface area contributed by atoms with Gasteiger partial charge in [-0.1, -0.05) is 30.7 Å². The molecule has 3 rings (SSSR count). The predicted octanol–water partition coefficient (Wildman–Crippen LogP) is 3.35. The highest BCUT2D eigenvalue weighted by Crippen LogP contribution is 2.37. The van der Waals surface area contributed by atoms with E-state index in [1.807, 2.05) is 31.3 Å². The van der Waals surface area contributed by atoms with E-state index in [4.69, 9.17) is 11.6 Å². The summed E-state index contributed by atoms with van der Waals surface area (Å²) in [6, 6.07) is 6.11. The number of para-hydroxylation sites is 1. The number of piperidine rings is 1. The van der Waals surface area contributed by atoms with Crippen LogP contribution in [0.15, 0.2) is 23.1 Å². The zero-order valence-corrected chi connectivity index (χ0v) is 15.4. The summed E-state index contributed by atoms with van der Waals surface area (Å²) in [7, 11) is 1.99. The second-order valence-corrected chi connectivity index (χ2v) is 7.87. The number of hydrogen-bond donors (Lipinski definition) is 1. The third kappa shape index (κ3) is 3.53. The van der Waals surface area contributed by atoms with Crippen molar-refractivity contribution in [2.45, 2.75) is 25.8 Å². The highest BCUT2D eigenvalue weighted by molar-refractivity contribution is 8.18. The Labute approximate surface area is 151 Å². The number of carbonyl (C=O) groups excluding carboxylic acids is 2. The molecule has 0 saturated carbocycles.